The van der Waals surface area contributed by atoms with Gasteiger partial charge in [0.15, 0.2) is 5.78 Å². The van der Waals surface area contributed by atoms with Gasteiger partial charge < -0.3 is 5.73 Å². The second-order valence-corrected chi connectivity index (χ2v) is 5.41. The van der Waals surface area contributed by atoms with Gasteiger partial charge in [-0.25, -0.2) is 4.39 Å². The van der Waals surface area contributed by atoms with Gasteiger partial charge in [0.1, 0.15) is 5.82 Å². The fourth-order valence-electron chi connectivity index (χ4n) is 1.69. The maximum atomic E-state index is 12.9. The first kappa shape index (κ1) is 15.1. The summed E-state index contributed by atoms with van der Waals surface area (Å²) in [6, 6.07) is 6.77. The molecule has 0 aliphatic heterocycles. The number of nitrogen functional groups attached to an aromatic ring is 1. The molecule has 104 valence electrons. The van der Waals surface area contributed by atoms with E-state index >= 15 is 0 Å². The van der Waals surface area contributed by atoms with E-state index in [0.717, 1.165) is 6.07 Å². The van der Waals surface area contributed by atoms with E-state index in [1.807, 2.05) is 0 Å². The molecule has 2 aromatic rings. The number of hydrogen-bond donors (Lipinski definition) is 1. The highest BCUT2D eigenvalue weighted by molar-refractivity contribution is 6.39. The van der Waals surface area contributed by atoms with Crippen LogP contribution < -0.4 is 5.73 Å². The second kappa shape index (κ2) is 6.00. The van der Waals surface area contributed by atoms with E-state index in [4.69, 9.17) is 40.5 Å². The van der Waals surface area contributed by atoms with E-state index in [-0.39, 0.29) is 33.0 Å². The maximum absolute atomic E-state index is 12.9. The van der Waals surface area contributed by atoms with Gasteiger partial charge in [0, 0.05) is 17.0 Å². The van der Waals surface area contributed by atoms with Gasteiger partial charge in [-0.05, 0) is 29.8 Å². The molecule has 6 heteroatoms. The molecule has 0 spiro atoms. The number of rotatable bonds is 3. The molecule has 0 saturated carbocycles. The highest BCUT2D eigenvalue weighted by Gasteiger charge is 2.13. The van der Waals surface area contributed by atoms with Gasteiger partial charge in [-0.1, -0.05) is 40.9 Å². The summed E-state index contributed by atoms with van der Waals surface area (Å²) in [5, 5.41) is 0.628. The molecule has 2 rings (SSSR count). The van der Waals surface area contributed by atoms with Crippen molar-refractivity contribution in [2.24, 2.45) is 0 Å². The quantitative estimate of drug-likeness (QED) is 0.648. The number of carbonyl (C=O) groups excluding carboxylic acids is 1. The Labute approximate surface area is 130 Å². The minimum atomic E-state index is -0.454. The van der Waals surface area contributed by atoms with Crippen LogP contribution in [0.25, 0.3) is 0 Å². The van der Waals surface area contributed by atoms with Crippen LogP contribution >= 0.6 is 34.8 Å². The smallest absolute Gasteiger partial charge is 0.167 e. The number of nitrogens with two attached hydrogens (primary N) is 1. The van der Waals surface area contributed by atoms with Crippen LogP contribution in [0.1, 0.15) is 15.9 Å². The maximum Gasteiger partial charge on any atom is 0.167 e. The zero-order chi connectivity index (χ0) is 14.9. The molecule has 0 atom stereocenters. The van der Waals surface area contributed by atoms with Gasteiger partial charge in [0.2, 0.25) is 0 Å². The second-order valence-electron chi connectivity index (χ2n) is 4.19. The fraction of sp³-hybridized carbons (Fsp3) is 0.0714. The standard InChI is InChI=1S/C14H9Cl3FNO/c15-10-6-9(18)2-1-7(10)5-13(20)8-3-11(16)14(19)12(17)4-8/h1-4,6H,5,19H2. The van der Waals surface area contributed by atoms with Gasteiger partial charge in [0.25, 0.3) is 0 Å². The largest absolute Gasteiger partial charge is 0.396 e. The minimum absolute atomic E-state index is 0.0235. The van der Waals surface area contributed by atoms with Crippen LogP contribution in [0.3, 0.4) is 0 Å². The van der Waals surface area contributed by atoms with E-state index in [1.54, 1.807) is 0 Å². The summed E-state index contributed by atoms with van der Waals surface area (Å²) in [5.41, 5.74) is 6.69. The molecule has 2 nitrogen and oxygen atoms in total. The Balaban J connectivity index is 2.28. The summed E-state index contributed by atoms with van der Waals surface area (Å²) in [6.45, 7) is 0. The molecule has 2 N–H and O–H groups in total. The number of hydrogen-bond acceptors (Lipinski definition) is 2. The van der Waals surface area contributed by atoms with Gasteiger partial charge in [-0.3, -0.25) is 4.79 Å². The minimum Gasteiger partial charge on any atom is -0.396 e. The molecule has 0 heterocycles. The molecule has 0 aromatic heterocycles. The van der Waals surface area contributed by atoms with Crippen molar-refractivity contribution in [2.75, 3.05) is 5.73 Å². The summed E-state index contributed by atoms with van der Waals surface area (Å²) >= 11 is 17.6. The van der Waals surface area contributed by atoms with Crippen molar-refractivity contribution in [2.45, 2.75) is 6.42 Å². The third-order valence-corrected chi connectivity index (χ3v) is 3.74. The monoisotopic (exact) mass is 331 g/mol. The Bertz CT molecular complexity index is 665. The molecule has 0 fully saturated rings. The van der Waals surface area contributed by atoms with E-state index in [0.29, 0.717) is 11.1 Å². The van der Waals surface area contributed by atoms with E-state index < -0.39 is 5.82 Å². The fourth-order valence-corrected chi connectivity index (χ4v) is 2.41. The number of carbonyl (C=O) groups is 1. The summed E-state index contributed by atoms with van der Waals surface area (Å²) in [4.78, 5) is 12.2. The van der Waals surface area contributed by atoms with Crippen LogP contribution in [-0.2, 0) is 6.42 Å². The lowest BCUT2D eigenvalue weighted by Gasteiger charge is -2.07. The summed E-state index contributed by atoms with van der Waals surface area (Å²) < 4.78 is 12.9. The molecule has 0 amide bonds. The normalized spacial score (nSPS) is 10.6. The molecule has 0 unspecified atom stereocenters. The van der Waals surface area contributed by atoms with E-state index in [9.17, 15) is 9.18 Å². The highest BCUT2D eigenvalue weighted by atomic mass is 35.5. The number of halogens is 4. The first-order valence-corrected chi connectivity index (χ1v) is 6.73. The SMILES string of the molecule is Nc1c(Cl)cc(C(=O)Cc2ccc(F)cc2Cl)cc1Cl. The molecule has 2 aromatic carbocycles. The average molecular weight is 333 g/mol. The Morgan fingerprint density at radius 3 is 2.20 bits per heavy atom. The van der Waals surface area contributed by atoms with Crippen molar-refractivity contribution >= 4 is 46.3 Å². The summed E-state index contributed by atoms with van der Waals surface area (Å²) in [6.07, 6.45) is 0.0235. The first-order chi connectivity index (χ1) is 9.38. The molecule has 0 bridgehead atoms. The van der Waals surface area contributed by atoms with Crippen LogP contribution in [-0.4, -0.2) is 5.78 Å². The molecule has 0 aliphatic carbocycles. The van der Waals surface area contributed by atoms with Gasteiger partial charge in [-0.15, -0.1) is 0 Å². The number of Topliss-reactive ketones (excluding diaryl/α,β-unsaturated/α-hetero) is 1. The lowest BCUT2D eigenvalue weighted by atomic mass is 10.0. The topological polar surface area (TPSA) is 43.1 Å². The van der Waals surface area contributed by atoms with E-state index in [1.165, 1.54) is 24.3 Å². The number of anilines is 1. The van der Waals surface area contributed by atoms with Gasteiger partial charge >= 0.3 is 0 Å². The van der Waals surface area contributed by atoms with Crippen molar-refractivity contribution in [1.82, 2.24) is 0 Å². The molecule has 0 radical (unpaired) electrons. The van der Waals surface area contributed by atoms with Crippen LogP contribution in [0.5, 0.6) is 0 Å². The Kier molecular flexibility index (Phi) is 4.53. The Hall–Kier alpha value is -1.29. The van der Waals surface area contributed by atoms with Crippen molar-refractivity contribution in [3.05, 3.63) is 62.3 Å². The summed E-state index contributed by atoms with van der Waals surface area (Å²) in [5.74, 6) is -0.688. The predicted octanol–water partition coefficient (Wildman–Crippen LogP) is 4.79. The number of benzene rings is 2. The third kappa shape index (κ3) is 3.23. The van der Waals surface area contributed by atoms with Crippen LogP contribution in [0.2, 0.25) is 15.1 Å². The number of ketones is 1. The third-order valence-electron chi connectivity index (χ3n) is 2.77. The zero-order valence-corrected chi connectivity index (χ0v) is 12.4. The van der Waals surface area contributed by atoms with Crippen molar-refractivity contribution in [3.8, 4) is 0 Å². The molecule has 20 heavy (non-hydrogen) atoms. The zero-order valence-electron chi connectivity index (χ0n) is 10.1. The summed E-state index contributed by atoms with van der Waals surface area (Å²) in [7, 11) is 0. The van der Waals surface area contributed by atoms with Crippen LogP contribution in [0.15, 0.2) is 30.3 Å². The first-order valence-electron chi connectivity index (χ1n) is 5.60. The predicted molar refractivity (Wildman–Crippen MR) is 80.3 cm³/mol. The Morgan fingerprint density at radius 2 is 1.65 bits per heavy atom. The van der Waals surface area contributed by atoms with Crippen LogP contribution in [0.4, 0.5) is 10.1 Å². The average Bonchev–Trinajstić information content (AvgIpc) is 2.38. The van der Waals surface area contributed by atoms with Crippen molar-refractivity contribution in [3.63, 3.8) is 0 Å². The lowest BCUT2D eigenvalue weighted by Crippen LogP contribution is -2.05. The molecule has 0 saturated heterocycles. The van der Waals surface area contributed by atoms with Gasteiger partial charge in [0.05, 0.1) is 15.7 Å². The van der Waals surface area contributed by atoms with Crippen molar-refractivity contribution < 1.29 is 9.18 Å². The highest BCUT2D eigenvalue weighted by Crippen LogP contribution is 2.29. The molecular formula is C14H9Cl3FNO. The molecular weight excluding hydrogens is 324 g/mol. The van der Waals surface area contributed by atoms with Crippen LogP contribution in [0, 0.1) is 5.82 Å². The lowest BCUT2D eigenvalue weighted by molar-refractivity contribution is 0.0993. The molecule has 0 aliphatic rings. The van der Waals surface area contributed by atoms with Crippen molar-refractivity contribution in [1.29, 1.82) is 0 Å². The Morgan fingerprint density at radius 1 is 1.05 bits per heavy atom. The van der Waals surface area contributed by atoms with Gasteiger partial charge in [-0.2, -0.15) is 0 Å². The van der Waals surface area contributed by atoms with E-state index in [2.05, 4.69) is 0 Å².